The highest BCUT2D eigenvalue weighted by Gasteiger charge is 2.25. The third-order valence-electron chi connectivity index (χ3n) is 4.42. The van der Waals surface area contributed by atoms with Crippen LogP contribution in [0.3, 0.4) is 0 Å². The molecule has 0 bridgehead atoms. The average molecular weight is 411 g/mol. The number of hydrogen-bond donors (Lipinski definition) is 5. The number of aromatic amines is 1. The molecule has 1 heterocycles. The number of aliphatic hydroxyl groups excluding tert-OH is 3. The second-order valence-corrected chi connectivity index (χ2v) is 6.71. The summed E-state index contributed by atoms with van der Waals surface area (Å²) in [7, 11) is 0. The Bertz CT molecular complexity index is 819. The van der Waals surface area contributed by atoms with Gasteiger partial charge in [-0.25, -0.2) is 4.79 Å². The smallest absolute Gasteiger partial charge is 0.356 e. The van der Waals surface area contributed by atoms with Gasteiger partial charge in [0, 0.05) is 12.1 Å². The molecule has 0 saturated heterocycles. The van der Waals surface area contributed by atoms with E-state index in [1.165, 1.54) is 0 Å². The number of ether oxygens (including phenoxy) is 1. The number of aliphatic hydroxyl groups is 3. The first-order chi connectivity index (χ1) is 13.5. The fourth-order valence-electron chi connectivity index (χ4n) is 3.02. The molecule has 0 fully saturated rings. The lowest BCUT2D eigenvalue weighted by molar-refractivity contribution is 0.0499. The number of carbonyl (C=O) groups excluding carboxylic acids is 1. The van der Waals surface area contributed by atoms with Crippen molar-refractivity contribution in [2.75, 3.05) is 18.5 Å². The van der Waals surface area contributed by atoms with Crippen LogP contribution in [-0.4, -0.2) is 39.4 Å². The Hall–Kier alpha value is -2.06. The predicted molar refractivity (Wildman–Crippen MR) is 108 cm³/mol. The summed E-state index contributed by atoms with van der Waals surface area (Å²) in [6.07, 6.45) is 1.54. The van der Waals surface area contributed by atoms with E-state index in [4.69, 9.17) is 16.3 Å². The van der Waals surface area contributed by atoms with E-state index in [2.05, 4.69) is 10.3 Å². The first-order valence-electron chi connectivity index (χ1n) is 9.32. The molecule has 0 aliphatic heterocycles. The van der Waals surface area contributed by atoms with Crippen molar-refractivity contribution in [3.63, 3.8) is 0 Å². The molecule has 0 amide bonds. The van der Waals surface area contributed by atoms with E-state index in [0.717, 1.165) is 6.42 Å². The second-order valence-electron chi connectivity index (χ2n) is 6.33. The van der Waals surface area contributed by atoms with Crippen LogP contribution < -0.4 is 5.32 Å². The Morgan fingerprint density at radius 3 is 2.39 bits per heavy atom. The molecule has 0 spiro atoms. The Labute approximate surface area is 169 Å². The molecule has 0 unspecified atom stereocenters. The Kier molecular flexibility index (Phi) is 8.32. The molecule has 5 N–H and O–H groups in total. The van der Waals surface area contributed by atoms with Crippen molar-refractivity contribution in [3.05, 3.63) is 39.5 Å². The molecule has 1 aromatic heterocycles. The number of anilines is 1. The maximum Gasteiger partial charge on any atom is 0.356 e. The normalized spacial score (nSPS) is 10.9. The van der Waals surface area contributed by atoms with Gasteiger partial charge in [-0.2, -0.15) is 0 Å². The summed E-state index contributed by atoms with van der Waals surface area (Å²) in [6.45, 7) is 3.86. The molecule has 0 saturated carbocycles. The molecular formula is C20H27ClN2O5. The molecule has 1 aromatic carbocycles. The van der Waals surface area contributed by atoms with E-state index in [-0.39, 0.29) is 37.1 Å². The van der Waals surface area contributed by atoms with Gasteiger partial charge in [-0.3, -0.25) is 0 Å². The van der Waals surface area contributed by atoms with Gasteiger partial charge in [-0.15, -0.1) is 0 Å². The van der Waals surface area contributed by atoms with E-state index in [9.17, 15) is 20.1 Å². The van der Waals surface area contributed by atoms with Crippen molar-refractivity contribution in [3.8, 4) is 11.1 Å². The fourth-order valence-corrected chi connectivity index (χ4v) is 3.34. The van der Waals surface area contributed by atoms with Crippen LogP contribution >= 0.6 is 11.6 Å². The van der Waals surface area contributed by atoms with Gasteiger partial charge >= 0.3 is 5.97 Å². The van der Waals surface area contributed by atoms with Gasteiger partial charge < -0.3 is 30.4 Å². The number of H-pyrrole nitrogens is 1. The quantitative estimate of drug-likeness (QED) is 0.384. The summed E-state index contributed by atoms with van der Waals surface area (Å²) >= 11 is 6.55. The van der Waals surface area contributed by atoms with Gasteiger partial charge in [0.15, 0.2) is 0 Å². The summed E-state index contributed by atoms with van der Waals surface area (Å²) in [4.78, 5) is 15.4. The lowest BCUT2D eigenvalue weighted by Crippen LogP contribution is -2.07. The molecule has 0 aliphatic rings. The lowest BCUT2D eigenvalue weighted by Gasteiger charge is -2.16. The first kappa shape index (κ1) is 22.2. The minimum absolute atomic E-state index is 0.129. The third kappa shape index (κ3) is 4.50. The maximum absolute atomic E-state index is 12.4. The second kappa shape index (κ2) is 10.5. The van der Waals surface area contributed by atoms with Crippen molar-refractivity contribution < 1.29 is 24.9 Å². The minimum Gasteiger partial charge on any atom is -0.461 e. The third-order valence-corrected chi connectivity index (χ3v) is 4.79. The molecule has 2 rings (SSSR count). The number of aromatic nitrogens is 1. The number of halogens is 1. The average Bonchev–Trinajstić information content (AvgIpc) is 3.04. The van der Waals surface area contributed by atoms with E-state index >= 15 is 0 Å². The number of esters is 1. The van der Waals surface area contributed by atoms with E-state index in [1.807, 2.05) is 13.8 Å². The minimum atomic E-state index is -0.558. The zero-order valence-corrected chi connectivity index (χ0v) is 16.9. The van der Waals surface area contributed by atoms with Gasteiger partial charge in [0.1, 0.15) is 11.5 Å². The van der Waals surface area contributed by atoms with Gasteiger partial charge in [0.05, 0.1) is 31.5 Å². The SMILES string of the molecule is CCCNc1[nH]c(C(=O)OCCC)c(Cl)c1-c1ccc(CO)c(CO)c1CO. The van der Waals surface area contributed by atoms with Crippen molar-refractivity contribution >= 4 is 23.4 Å². The van der Waals surface area contributed by atoms with Crippen LogP contribution in [0.15, 0.2) is 12.1 Å². The zero-order valence-electron chi connectivity index (χ0n) is 16.1. The van der Waals surface area contributed by atoms with Gasteiger partial charge in [0.25, 0.3) is 0 Å². The van der Waals surface area contributed by atoms with Crippen LogP contribution in [0.2, 0.25) is 5.02 Å². The molecule has 8 heteroatoms. The number of carbonyl (C=O) groups is 1. The standard InChI is InChI=1S/C20H27ClN2O5/c1-3-7-22-19-16(17(21)18(23-19)20(27)28-8-4-2)13-6-5-12(9-24)14(10-25)15(13)11-26/h5-6,22-26H,3-4,7-11H2,1-2H3. The highest BCUT2D eigenvalue weighted by atomic mass is 35.5. The Balaban J connectivity index is 2.66. The zero-order chi connectivity index (χ0) is 20.7. The number of benzene rings is 1. The Morgan fingerprint density at radius 1 is 1.11 bits per heavy atom. The van der Waals surface area contributed by atoms with E-state index in [1.54, 1.807) is 12.1 Å². The monoisotopic (exact) mass is 410 g/mol. The maximum atomic E-state index is 12.4. The molecule has 0 atom stereocenters. The first-order valence-corrected chi connectivity index (χ1v) is 9.70. The van der Waals surface area contributed by atoms with Crippen molar-refractivity contribution in [2.24, 2.45) is 0 Å². The summed E-state index contributed by atoms with van der Waals surface area (Å²) in [6, 6.07) is 3.38. The molecular weight excluding hydrogens is 384 g/mol. The number of nitrogens with one attached hydrogen (secondary N) is 2. The van der Waals surface area contributed by atoms with Crippen molar-refractivity contribution in [1.29, 1.82) is 0 Å². The molecule has 0 aliphatic carbocycles. The highest BCUT2D eigenvalue weighted by molar-refractivity contribution is 6.37. The van der Waals surface area contributed by atoms with Crippen LogP contribution in [0.4, 0.5) is 5.82 Å². The summed E-state index contributed by atoms with van der Waals surface area (Å²) in [5.74, 6) is -0.0248. The van der Waals surface area contributed by atoms with Crippen LogP contribution in [0.1, 0.15) is 53.9 Å². The topological polar surface area (TPSA) is 115 Å². The number of hydrogen-bond acceptors (Lipinski definition) is 6. The molecule has 28 heavy (non-hydrogen) atoms. The van der Waals surface area contributed by atoms with Crippen LogP contribution in [0.5, 0.6) is 0 Å². The van der Waals surface area contributed by atoms with Crippen LogP contribution in [-0.2, 0) is 24.6 Å². The van der Waals surface area contributed by atoms with Crippen LogP contribution in [0, 0.1) is 0 Å². The molecule has 0 radical (unpaired) electrons. The summed E-state index contributed by atoms with van der Waals surface area (Å²) < 4.78 is 5.20. The molecule has 154 valence electrons. The largest absolute Gasteiger partial charge is 0.461 e. The molecule has 2 aromatic rings. The lowest BCUT2D eigenvalue weighted by atomic mass is 9.93. The predicted octanol–water partition coefficient (Wildman–Crippen LogP) is 3.20. The highest BCUT2D eigenvalue weighted by Crippen LogP contribution is 2.41. The van der Waals surface area contributed by atoms with Crippen LogP contribution in [0.25, 0.3) is 11.1 Å². The summed E-state index contributed by atoms with van der Waals surface area (Å²) in [5.41, 5.74) is 2.62. The van der Waals surface area contributed by atoms with E-state index < -0.39 is 5.97 Å². The van der Waals surface area contributed by atoms with Gasteiger partial charge in [0.2, 0.25) is 0 Å². The number of rotatable bonds is 10. The van der Waals surface area contributed by atoms with Gasteiger partial charge in [-0.1, -0.05) is 37.6 Å². The Morgan fingerprint density at radius 2 is 1.82 bits per heavy atom. The molecule has 7 nitrogen and oxygen atoms in total. The van der Waals surface area contributed by atoms with Crippen molar-refractivity contribution in [2.45, 2.75) is 46.5 Å². The van der Waals surface area contributed by atoms with E-state index in [0.29, 0.717) is 46.6 Å². The van der Waals surface area contributed by atoms with Crippen molar-refractivity contribution in [1.82, 2.24) is 4.98 Å². The fraction of sp³-hybridized carbons (Fsp3) is 0.450. The van der Waals surface area contributed by atoms with Gasteiger partial charge in [-0.05, 0) is 35.1 Å². The summed E-state index contributed by atoms with van der Waals surface area (Å²) in [5, 5.41) is 32.6.